The van der Waals surface area contributed by atoms with Crippen LogP contribution in [0.3, 0.4) is 0 Å². The van der Waals surface area contributed by atoms with E-state index in [-0.39, 0.29) is 0 Å². The van der Waals surface area contributed by atoms with Gasteiger partial charge in [0.2, 0.25) is 0 Å². The number of likely N-dealkylation sites (tertiary alicyclic amines) is 1. The van der Waals surface area contributed by atoms with Crippen LogP contribution in [0.2, 0.25) is 0 Å². The SMILES string of the molecule is COCc1cn(CC2CCCN(Cc3nc4ccccc4[nH]3)C2)nn1.O=C(O)C(F)(F)F.O=C(O)C(F)(F)F. The molecule has 1 aliphatic heterocycles. The molecule has 1 fully saturated rings. The molecule has 1 aliphatic rings. The van der Waals surface area contributed by atoms with Crippen molar-refractivity contribution in [2.24, 2.45) is 5.92 Å². The number of hydrogen-bond donors (Lipinski definition) is 3. The molecule has 0 aliphatic carbocycles. The van der Waals surface area contributed by atoms with Crippen LogP contribution in [0.15, 0.2) is 30.5 Å². The van der Waals surface area contributed by atoms with Gasteiger partial charge < -0.3 is 19.9 Å². The van der Waals surface area contributed by atoms with Crippen molar-refractivity contribution in [2.45, 2.75) is 44.9 Å². The minimum absolute atomic E-state index is 0.517. The Morgan fingerprint density at radius 3 is 2.28 bits per heavy atom. The number of rotatable bonds is 6. The highest BCUT2D eigenvalue weighted by molar-refractivity contribution is 5.74. The summed E-state index contributed by atoms with van der Waals surface area (Å²) < 4.78 is 70.5. The van der Waals surface area contributed by atoms with Gasteiger partial charge in [-0.3, -0.25) is 9.58 Å². The Bertz CT molecular complexity index is 1150. The fourth-order valence-corrected chi connectivity index (χ4v) is 3.64. The van der Waals surface area contributed by atoms with E-state index in [9.17, 15) is 26.3 Å². The molecule has 1 unspecified atom stereocenters. The molecular weight excluding hydrogens is 542 g/mol. The van der Waals surface area contributed by atoms with Gasteiger partial charge in [-0.05, 0) is 37.4 Å². The molecule has 2 aromatic heterocycles. The number of carboxylic acid groups (broad SMARTS) is 2. The number of H-pyrrole nitrogens is 1. The number of aliphatic carboxylic acids is 2. The van der Waals surface area contributed by atoms with Gasteiger partial charge in [-0.2, -0.15) is 26.3 Å². The van der Waals surface area contributed by atoms with E-state index in [1.165, 1.54) is 12.8 Å². The molecule has 11 nitrogen and oxygen atoms in total. The summed E-state index contributed by atoms with van der Waals surface area (Å²) >= 11 is 0. The Labute approximate surface area is 217 Å². The summed E-state index contributed by atoms with van der Waals surface area (Å²) in [4.78, 5) is 28.4. The number of benzene rings is 1. The van der Waals surface area contributed by atoms with Gasteiger partial charge in [0.1, 0.15) is 11.5 Å². The summed E-state index contributed by atoms with van der Waals surface area (Å²) in [6.07, 6.45) is -5.73. The fraction of sp³-hybridized carbons (Fsp3) is 0.500. The topological polar surface area (TPSA) is 146 Å². The van der Waals surface area contributed by atoms with Gasteiger partial charge in [-0.25, -0.2) is 14.6 Å². The average Bonchev–Trinajstić information content (AvgIpc) is 3.45. The van der Waals surface area contributed by atoms with E-state index in [4.69, 9.17) is 29.5 Å². The predicted molar refractivity (Wildman–Crippen MR) is 122 cm³/mol. The number of fused-ring (bicyclic) bond motifs is 1. The van der Waals surface area contributed by atoms with E-state index >= 15 is 0 Å². The minimum atomic E-state index is -5.08. The van der Waals surface area contributed by atoms with Crippen LogP contribution in [0.4, 0.5) is 26.3 Å². The van der Waals surface area contributed by atoms with Crippen LogP contribution in [-0.2, 0) is 34.0 Å². The van der Waals surface area contributed by atoms with E-state index in [0.29, 0.717) is 12.5 Å². The Hall–Kier alpha value is -3.73. The molecule has 0 amide bonds. The maximum Gasteiger partial charge on any atom is 0.490 e. The summed E-state index contributed by atoms with van der Waals surface area (Å²) in [5.74, 6) is -3.87. The molecule has 0 radical (unpaired) electrons. The molecule has 1 aromatic carbocycles. The molecule has 39 heavy (non-hydrogen) atoms. The Balaban J connectivity index is 0.000000317. The van der Waals surface area contributed by atoms with Gasteiger partial charge in [0.15, 0.2) is 0 Å². The number of ether oxygens (including phenoxy) is 1. The van der Waals surface area contributed by atoms with Crippen molar-refractivity contribution in [3.8, 4) is 0 Å². The van der Waals surface area contributed by atoms with Gasteiger partial charge in [0.25, 0.3) is 0 Å². The van der Waals surface area contributed by atoms with E-state index in [1.807, 2.05) is 23.0 Å². The van der Waals surface area contributed by atoms with E-state index in [1.54, 1.807) is 7.11 Å². The number of nitrogens with zero attached hydrogens (tertiary/aromatic N) is 5. The van der Waals surface area contributed by atoms with E-state index < -0.39 is 24.3 Å². The Morgan fingerprint density at radius 1 is 1.10 bits per heavy atom. The number of nitrogens with one attached hydrogen (secondary N) is 1. The highest BCUT2D eigenvalue weighted by atomic mass is 19.4. The van der Waals surface area contributed by atoms with Crippen LogP contribution in [-0.4, -0.2) is 84.6 Å². The second kappa shape index (κ2) is 13.9. The van der Waals surface area contributed by atoms with Gasteiger partial charge in [0.05, 0.1) is 30.4 Å². The number of halogens is 6. The average molecular weight is 568 g/mol. The number of methoxy groups -OCH3 is 1. The van der Waals surface area contributed by atoms with Crippen LogP contribution >= 0.6 is 0 Å². The van der Waals surface area contributed by atoms with Crippen molar-refractivity contribution >= 4 is 23.0 Å². The minimum Gasteiger partial charge on any atom is -0.475 e. The van der Waals surface area contributed by atoms with Crippen LogP contribution < -0.4 is 0 Å². The summed E-state index contributed by atoms with van der Waals surface area (Å²) in [6, 6.07) is 8.20. The van der Waals surface area contributed by atoms with Crippen molar-refractivity contribution in [1.29, 1.82) is 0 Å². The molecule has 4 rings (SSSR count). The number of aromatic amines is 1. The summed E-state index contributed by atoms with van der Waals surface area (Å²) in [5, 5.41) is 22.6. The molecule has 0 saturated carbocycles. The second-order valence-corrected chi connectivity index (χ2v) is 8.41. The van der Waals surface area contributed by atoms with Crippen molar-refractivity contribution < 1.29 is 50.9 Å². The Kier molecular flexibility index (Phi) is 11.2. The van der Waals surface area contributed by atoms with Crippen molar-refractivity contribution in [1.82, 2.24) is 29.9 Å². The summed E-state index contributed by atoms with van der Waals surface area (Å²) in [7, 11) is 1.68. The third-order valence-electron chi connectivity index (χ3n) is 5.22. The molecule has 0 spiro atoms. The molecule has 1 saturated heterocycles. The summed E-state index contributed by atoms with van der Waals surface area (Å²) in [6.45, 7) is 4.49. The van der Waals surface area contributed by atoms with Crippen molar-refractivity contribution in [3.05, 3.63) is 42.0 Å². The van der Waals surface area contributed by atoms with Crippen LogP contribution in [0, 0.1) is 5.92 Å². The first-order valence-electron chi connectivity index (χ1n) is 11.3. The summed E-state index contributed by atoms with van der Waals surface area (Å²) in [5.41, 5.74) is 3.04. The lowest BCUT2D eigenvalue weighted by atomic mass is 9.98. The lowest BCUT2D eigenvalue weighted by molar-refractivity contribution is -0.193. The first-order chi connectivity index (χ1) is 18.2. The molecule has 3 N–H and O–H groups in total. The maximum absolute atomic E-state index is 10.6. The zero-order chi connectivity index (χ0) is 29.2. The van der Waals surface area contributed by atoms with Crippen LogP contribution in [0.1, 0.15) is 24.4 Å². The number of carboxylic acids is 2. The smallest absolute Gasteiger partial charge is 0.475 e. The third-order valence-corrected chi connectivity index (χ3v) is 5.22. The van der Waals surface area contributed by atoms with E-state index in [0.717, 1.165) is 48.7 Å². The number of para-hydroxylation sites is 2. The monoisotopic (exact) mass is 568 g/mol. The molecule has 17 heteroatoms. The van der Waals surface area contributed by atoms with Crippen LogP contribution in [0.25, 0.3) is 11.0 Å². The quantitative estimate of drug-likeness (QED) is 0.381. The first kappa shape index (κ1) is 31.5. The normalized spacial score (nSPS) is 16.1. The number of piperidine rings is 1. The van der Waals surface area contributed by atoms with Crippen molar-refractivity contribution in [2.75, 3.05) is 20.2 Å². The van der Waals surface area contributed by atoms with Gasteiger partial charge in [-0.15, -0.1) is 5.10 Å². The van der Waals surface area contributed by atoms with Crippen molar-refractivity contribution in [3.63, 3.8) is 0 Å². The number of hydrogen-bond acceptors (Lipinski definition) is 7. The zero-order valence-electron chi connectivity index (χ0n) is 20.5. The lowest BCUT2D eigenvalue weighted by Gasteiger charge is -2.31. The third kappa shape index (κ3) is 10.9. The van der Waals surface area contributed by atoms with Crippen LogP contribution in [0.5, 0.6) is 0 Å². The standard InChI is InChI=1S/C18H24N6O.2C2HF3O2/c1-25-13-15-11-24(22-21-15)10-14-5-4-8-23(9-14)12-18-19-16-6-2-3-7-17(16)20-18;2*3-2(4,5)1(6)7/h2-3,6-7,11,14H,4-5,8-10,12-13H2,1H3,(H,19,20);2*(H,6,7). The number of imidazole rings is 1. The zero-order valence-corrected chi connectivity index (χ0v) is 20.5. The molecule has 216 valence electrons. The number of carbonyl (C=O) groups is 2. The highest BCUT2D eigenvalue weighted by Gasteiger charge is 2.38. The molecule has 1 atom stereocenters. The van der Waals surface area contributed by atoms with Gasteiger partial charge >= 0.3 is 24.3 Å². The molecular formula is C22H26F6N6O5. The number of aromatic nitrogens is 5. The predicted octanol–water partition coefficient (Wildman–Crippen LogP) is 3.48. The second-order valence-electron chi connectivity index (χ2n) is 8.41. The molecule has 0 bridgehead atoms. The molecule has 3 heterocycles. The van der Waals surface area contributed by atoms with E-state index in [2.05, 4.69) is 32.3 Å². The Morgan fingerprint density at radius 2 is 1.72 bits per heavy atom. The van der Waals surface area contributed by atoms with Gasteiger partial charge in [0, 0.05) is 20.2 Å². The maximum atomic E-state index is 10.6. The lowest BCUT2D eigenvalue weighted by Crippen LogP contribution is -2.36. The highest BCUT2D eigenvalue weighted by Crippen LogP contribution is 2.20. The number of alkyl halides is 6. The fourth-order valence-electron chi connectivity index (χ4n) is 3.64. The first-order valence-corrected chi connectivity index (χ1v) is 11.3. The van der Waals surface area contributed by atoms with Gasteiger partial charge in [-0.1, -0.05) is 17.3 Å². The largest absolute Gasteiger partial charge is 0.490 e. The molecule has 3 aromatic rings.